The summed E-state index contributed by atoms with van der Waals surface area (Å²) in [5.41, 5.74) is 5.67. The van der Waals surface area contributed by atoms with E-state index >= 15 is 0 Å². The van der Waals surface area contributed by atoms with Crippen LogP contribution < -0.4 is 5.73 Å². The monoisotopic (exact) mass is 341 g/mol. The second-order valence-electron chi connectivity index (χ2n) is 5.62. The van der Waals surface area contributed by atoms with Crippen LogP contribution in [0, 0.1) is 11.3 Å². The molecule has 0 aromatic rings. The van der Waals surface area contributed by atoms with Crippen LogP contribution in [0.1, 0.15) is 40.5 Å². The first-order valence-corrected chi connectivity index (χ1v) is 9.11. The fraction of sp³-hybridized carbons (Fsp3) is 0.769. The Kier molecular flexibility index (Phi) is 6.07. The van der Waals surface area contributed by atoms with Gasteiger partial charge in [0, 0.05) is 0 Å². The van der Waals surface area contributed by atoms with E-state index in [4.69, 9.17) is 5.73 Å². The van der Waals surface area contributed by atoms with Crippen LogP contribution in [0.25, 0.3) is 0 Å². The zero-order chi connectivity index (χ0) is 13.0. The summed E-state index contributed by atoms with van der Waals surface area (Å²) >= 11 is -0.180. The third-order valence-electron chi connectivity index (χ3n) is 3.16. The second-order valence-corrected chi connectivity index (χ2v) is 9.79. The van der Waals surface area contributed by atoms with E-state index in [1.165, 1.54) is 0 Å². The van der Waals surface area contributed by atoms with Crippen LogP contribution in [0.3, 0.4) is 0 Å². The molecule has 0 spiro atoms. The number of primary amides is 1. The second kappa shape index (κ2) is 6.07. The van der Waals surface area contributed by atoms with Gasteiger partial charge < -0.3 is 0 Å². The summed E-state index contributed by atoms with van der Waals surface area (Å²) in [6.07, 6.45) is 3.71. The standard InChI is InChI=1S/C13H25NOTe/c1-7-8-12(2,3)9-10(11(14)15)13(4,5)16-6/h7,10H,1,8-9H2,2-6H3,(H2,14,15). The van der Waals surface area contributed by atoms with E-state index < -0.39 is 0 Å². The molecule has 94 valence electrons. The Morgan fingerprint density at radius 3 is 2.25 bits per heavy atom. The molecule has 0 heterocycles. The molecule has 2 N–H and O–H groups in total. The minimum atomic E-state index is -0.180. The van der Waals surface area contributed by atoms with Crippen LogP contribution in [0.4, 0.5) is 0 Å². The molecule has 1 atom stereocenters. The van der Waals surface area contributed by atoms with Gasteiger partial charge in [-0.05, 0) is 0 Å². The van der Waals surface area contributed by atoms with Crippen LogP contribution in [0.15, 0.2) is 12.7 Å². The Morgan fingerprint density at radius 1 is 1.44 bits per heavy atom. The van der Waals surface area contributed by atoms with E-state index in [0.717, 1.165) is 12.8 Å². The Morgan fingerprint density at radius 2 is 1.94 bits per heavy atom. The predicted molar refractivity (Wildman–Crippen MR) is 71.6 cm³/mol. The first kappa shape index (κ1) is 16.0. The Labute approximate surface area is 110 Å². The maximum absolute atomic E-state index is 11.6. The van der Waals surface area contributed by atoms with Crippen molar-refractivity contribution in [2.24, 2.45) is 17.1 Å². The number of carbonyl (C=O) groups excluding carboxylic acids is 1. The number of allylic oxidation sites excluding steroid dienone is 1. The molecule has 0 aromatic carbocycles. The molecule has 0 aliphatic carbocycles. The van der Waals surface area contributed by atoms with Gasteiger partial charge in [-0.1, -0.05) is 0 Å². The average Bonchev–Trinajstić information content (AvgIpc) is 2.13. The van der Waals surface area contributed by atoms with E-state index in [-0.39, 0.29) is 41.6 Å². The first-order chi connectivity index (χ1) is 7.16. The van der Waals surface area contributed by atoms with Crippen molar-refractivity contribution in [1.29, 1.82) is 0 Å². The van der Waals surface area contributed by atoms with Crippen LogP contribution in [0.2, 0.25) is 8.43 Å². The van der Waals surface area contributed by atoms with Crippen LogP contribution >= 0.6 is 0 Å². The third kappa shape index (κ3) is 4.89. The summed E-state index contributed by atoms with van der Waals surface area (Å²) in [5, 5.41) is 0. The van der Waals surface area contributed by atoms with Gasteiger partial charge in [0.15, 0.2) is 0 Å². The van der Waals surface area contributed by atoms with Crippen molar-refractivity contribution < 1.29 is 4.79 Å². The molecule has 0 fully saturated rings. The van der Waals surface area contributed by atoms with Crippen molar-refractivity contribution in [1.82, 2.24) is 0 Å². The number of nitrogens with two attached hydrogens (primary N) is 1. The summed E-state index contributed by atoms with van der Waals surface area (Å²) in [5.74, 6) is -0.149. The van der Waals surface area contributed by atoms with Gasteiger partial charge in [-0.25, -0.2) is 0 Å². The molecule has 0 aliphatic rings. The molecule has 0 saturated heterocycles. The van der Waals surface area contributed by atoms with Gasteiger partial charge in [-0.3, -0.25) is 0 Å². The summed E-state index contributed by atoms with van der Waals surface area (Å²) < 4.78 is 0.106. The molecule has 0 aliphatic heterocycles. The fourth-order valence-corrected chi connectivity index (χ4v) is 3.24. The summed E-state index contributed by atoms with van der Waals surface area (Å²) in [7, 11) is 0. The van der Waals surface area contributed by atoms with E-state index in [1.54, 1.807) is 0 Å². The van der Waals surface area contributed by atoms with Crippen molar-refractivity contribution >= 4 is 26.8 Å². The van der Waals surface area contributed by atoms with E-state index in [0.29, 0.717) is 0 Å². The molecule has 0 radical (unpaired) electrons. The van der Waals surface area contributed by atoms with Gasteiger partial charge >= 0.3 is 110 Å². The van der Waals surface area contributed by atoms with Crippen molar-refractivity contribution in [2.75, 3.05) is 0 Å². The molecule has 2 nitrogen and oxygen atoms in total. The Balaban J connectivity index is 4.83. The number of rotatable bonds is 7. The molecule has 16 heavy (non-hydrogen) atoms. The topological polar surface area (TPSA) is 43.1 Å². The maximum atomic E-state index is 11.6. The fourth-order valence-electron chi connectivity index (χ4n) is 1.86. The van der Waals surface area contributed by atoms with Crippen LogP contribution in [-0.4, -0.2) is 26.8 Å². The Hall–Kier alpha value is -0.000390. The molecule has 0 aromatic heterocycles. The zero-order valence-corrected chi connectivity index (χ0v) is 13.5. The molecule has 3 heteroatoms. The van der Waals surface area contributed by atoms with E-state index in [1.807, 2.05) is 6.08 Å². The minimum absolute atomic E-state index is 0.00477. The molecule has 0 saturated carbocycles. The number of hydrogen-bond donors (Lipinski definition) is 1. The summed E-state index contributed by atoms with van der Waals surface area (Å²) in [6.45, 7) is 12.5. The molecule has 0 bridgehead atoms. The molecular formula is C13H25NOTe. The number of hydrogen-bond acceptors (Lipinski definition) is 1. The summed E-state index contributed by atoms with van der Waals surface area (Å²) in [6, 6.07) is 0. The number of amides is 1. The van der Waals surface area contributed by atoms with Gasteiger partial charge in [0.25, 0.3) is 0 Å². The molecule has 1 unspecified atom stereocenters. The number of carbonyl (C=O) groups is 1. The van der Waals surface area contributed by atoms with Gasteiger partial charge in [0.05, 0.1) is 0 Å². The van der Waals surface area contributed by atoms with Gasteiger partial charge in [0.2, 0.25) is 0 Å². The van der Waals surface area contributed by atoms with Crippen molar-refractivity contribution in [3.8, 4) is 0 Å². The average molecular weight is 339 g/mol. The third-order valence-corrected chi connectivity index (χ3v) is 6.98. The van der Waals surface area contributed by atoms with Gasteiger partial charge in [-0.15, -0.1) is 0 Å². The van der Waals surface area contributed by atoms with Crippen LogP contribution in [-0.2, 0) is 4.79 Å². The predicted octanol–water partition coefficient (Wildman–Crippen LogP) is 3.03. The molecular weight excluding hydrogens is 314 g/mol. The van der Waals surface area contributed by atoms with Crippen molar-refractivity contribution in [3.63, 3.8) is 0 Å². The van der Waals surface area contributed by atoms with Gasteiger partial charge in [0.1, 0.15) is 0 Å². The van der Waals surface area contributed by atoms with Gasteiger partial charge in [-0.2, -0.15) is 0 Å². The summed E-state index contributed by atoms with van der Waals surface area (Å²) in [4.78, 5) is 13.8. The Bertz CT molecular complexity index is 259. The molecule has 1 amide bonds. The van der Waals surface area contributed by atoms with Crippen LogP contribution in [0.5, 0.6) is 0 Å². The zero-order valence-electron chi connectivity index (χ0n) is 11.2. The SMILES string of the molecule is C=CCC(C)(C)CC(C(N)=O)C(C)(C)[Te]C. The van der Waals surface area contributed by atoms with Crippen molar-refractivity contribution in [2.45, 2.75) is 49.0 Å². The van der Waals surface area contributed by atoms with Crippen molar-refractivity contribution in [3.05, 3.63) is 12.7 Å². The quantitative estimate of drug-likeness (QED) is 0.562. The molecule has 0 rings (SSSR count). The van der Waals surface area contributed by atoms with E-state index in [9.17, 15) is 4.79 Å². The van der Waals surface area contributed by atoms with E-state index in [2.05, 4.69) is 39.2 Å². The normalized spacial score (nSPS) is 14.6. The first-order valence-electron chi connectivity index (χ1n) is 5.61.